The highest BCUT2D eigenvalue weighted by Gasteiger charge is 2.34. The van der Waals surface area contributed by atoms with Crippen LogP contribution in [0.4, 0.5) is 5.69 Å². The van der Waals surface area contributed by atoms with E-state index >= 15 is 0 Å². The van der Waals surface area contributed by atoms with E-state index in [2.05, 4.69) is 5.09 Å². The van der Waals surface area contributed by atoms with Gasteiger partial charge < -0.3 is 13.8 Å². The van der Waals surface area contributed by atoms with Crippen molar-refractivity contribution in [3.8, 4) is 11.5 Å². The second-order valence-electron chi connectivity index (χ2n) is 6.53. The van der Waals surface area contributed by atoms with E-state index < -0.39 is 24.7 Å². The molecule has 0 fully saturated rings. The molecular weight excluding hydrogens is 399 g/mol. The van der Waals surface area contributed by atoms with E-state index in [1.165, 1.54) is 31.2 Å². The van der Waals surface area contributed by atoms with Crippen molar-refractivity contribution in [3.05, 3.63) is 64.2 Å². The van der Waals surface area contributed by atoms with Gasteiger partial charge >= 0.3 is 13.7 Å². The normalized spacial score (nSPS) is 14.0. The highest BCUT2D eigenvalue weighted by molar-refractivity contribution is 7.52. The lowest BCUT2D eigenvalue weighted by atomic mass is 10.2. The fraction of sp³-hybridized carbons (Fsp3) is 0.316. The molecule has 0 aromatic heterocycles. The Labute approximate surface area is 168 Å². The van der Waals surface area contributed by atoms with Crippen LogP contribution in [0.1, 0.15) is 26.3 Å². The maximum atomic E-state index is 13.4. The molecule has 1 N–H and O–H groups in total. The minimum absolute atomic E-state index is 0.0736. The number of esters is 1. The van der Waals surface area contributed by atoms with Crippen LogP contribution in [0.3, 0.4) is 0 Å². The second kappa shape index (κ2) is 9.54. The van der Waals surface area contributed by atoms with Crippen LogP contribution in [0.5, 0.6) is 11.5 Å². The number of non-ortho nitro benzene ring substituents is 1. The van der Waals surface area contributed by atoms with Gasteiger partial charge in [0.05, 0.1) is 11.0 Å². The molecule has 0 aliphatic heterocycles. The van der Waals surface area contributed by atoms with Gasteiger partial charge in [-0.15, -0.1) is 0 Å². The first-order chi connectivity index (χ1) is 13.6. The standard InChI is InChI=1S/C19H23N2O7P/c1-13(2)26-19(22)15(4)20-29(25,28-18-8-6-5-7-14(18)3)27-17-11-9-16(10-12-17)21(23)24/h5-13,15H,1-4H3,(H,20,25)/t15-,29?/m0/s1. The Kier molecular flexibility index (Phi) is 7.36. The lowest BCUT2D eigenvalue weighted by Crippen LogP contribution is -2.36. The third-order valence-corrected chi connectivity index (χ3v) is 5.23. The van der Waals surface area contributed by atoms with Crippen molar-refractivity contribution >= 4 is 19.4 Å². The van der Waals surface area contributed by atoms with Crippen LogP contribution in [0.15, 0.2) is 48.5 Å². The average molecular weight is 422 g/mol. The molecule has 156 valence electrons. The van der Waals surface area contributed by atoms with Crippen molar-refractivity contribution in [1.29, 1.82) is 0 Å². The maximum absolute atomic E-state index is 13.4. The van der Waals surface area contributed by atoms with Gasteiger partial charge in [-0.1, -0.05) is 18.2 Å². The highest BCUT2D eigenvalue weighted by atomic mass is 31.2. The summed E-state index contributed by atoms with van der Waals surface area (Å²) in [6.07, 6.45) is -0.348. The van der Waals surface area contributed by atoms with E-state index in [-0.39, 0.29) is 17.5 Å². The number of benzene rings is 2. The minimum atomic E-state index is -4.10. The molecule has 0 saturated heterocycles. The fourth-order valence-electron chi connectivity index (χ4n) is 2.25. The minimum Gasteiger partial charge on any atom is -0.462 e. The molecule has 0 radical (unpaired) electrons. The Morgan fingerprint density at radius 3 is 2.24 bits per heavy atom. The van der Waals surface area contributed by atoms with Crippen LogP contribution in [-0.4, -0.2) is 23.0 Å². The van der Waals surface area contributed by atoms with E-state index in [0.717, 1.165) is 0 Å². The summed E-state index contributed by atoms with van der Waals surface area (Å²) in [7, 11) is -4.10. The van der Waals surface area contributed by atoms with Crippen LogP contribution >= 0.6 is 7.75 Å². The molecule has 0 aliphatic rings. The Bertz CT molecular complexity index is 915. The Morgan fingerprint density at radius 2 is 1.69 bits per heavy atom. The Balaban J connectivity index is 2.28. The van der Waals surface area contributed by atoms with E-state index in [1.54, 1.807) is 45.0 Å². The molecule has 2 aromatic rings. The molecule has 1 unspecified atom stereocenters. The number of nitrogens with one attached hydrogen (secondary N) is 1. The Morgan fingerprint density at radius 1 is 1.07 bits per heavy atom. The van der Waals surface area contributed by atoms with E-state index in [0.29, 0.717) is 11.3 Å². The van der Waals surface area contributed by atoms with Gasteiger partial charge in [0.1, 0.15) is 17.5 Å². The number of carbonyl (C=O) groups is 1. The largest absolute Gasteiger partial charge is 0.513 e. The monoisotopic (exact) mass is 422 g/mol. The first-order valence-corrected chi connectivity index (χ1v) is 10.4. The van der Waals surface area contributed by atoms with Gasteiger partial charge in [-0.25, -0.2) is 4.57 Å². The van der Waals surface area contributed by atoms with Crippen LogP contribution in [0, 0.1) is 17.0 Å². The molecule has 0 bridgehead atoms. The van der Waals surface area contributed by atoms with Crippen molar-refractivity contribution in [3.63, 3.8) is 0 Å². The number of hydrogen-bond donors (Lipinski definition) is 1. The van der Waals surface area contributed by atoms with Gasteiger partial charge in [-0.3, -0.25) is 14.9 Å². The average Bonchev–Trinajstić information content (AvgIpc) is 2.63. The van der Waals surface area contributed by atoms with Gasteiger partial charge in [0, 0.05) is 12.1 Å². The number of hydrogen-bond acceptors (Lipinski definition) is 7. The van der Waals surface area contributed by atoms with E-state index in [1.807, 2.05) is 0 Å². The van der Waals surface area contributed by atoms with Crippen molar-refractivity contribution in [2.24, 2.45) is 0 Å². The molecule has 0 spiro atoms. The van der Waals surface area contributed by atoms with Crippen LogP contribution in [-0.2, 0) is 14.1 Å². The summed E-state index contributed by atoms with van der Waals surface area (Å²) >= 11 is 0. The number of ether oxygens (including phenoxy) is 1. The van der Waals surface area contributed by atoms with Crippen molar-refractivity contribution in [1.82, 2.24) is 5.09 Å². The molecule has 0 amide bonds. The zero-order chi connectivity index (χ0) is 21.6. The van der Waals surface area contributed by atoms with E-state index in [4.69, 9.17) is 13.8 Å². The topological polar surface area (TPSA) is 117 Å². The maximum Gasteiger partial charge on any atom is 0.513 e. The number of nitrogens with zero attached hydrogens (tertiary/aromatic N) is 1. The molecule has 2 atom stereocenters. The van der Waals surface area contributed by atoms with Crippen molar-refractivity contribution in [2.45, 2.75) is 39.8 Å². The van der Waals surface area contributed by atoms with Crippen molar-refractivity contribution < 1.29 is 28.1 Å². The lowest BCUT2D eigenvalue weighted by molar-refractivity contribution is -0.384. The summed E-state index contributed by atoms with van der Waals surface area (Å²) in [4.78, 5) is 22.4. The van der Waals surface area contributed by atoms with Crippen LogP contribution < -0.4 is 14.1 Å². The summed E-state index contributed by atoms with van der Waals surface area (Å²) in [5, 5.41) is 13.4. The van der Waals surface area contributed by atoms with Crippen molar-refractivity contribution in [2.75, 3.05) is 0 Å². The summed E-state index contributed by atoms with van der Waals surface area (Å²) in [6.45, 7) is 6.63. The predicted octanol–water partition coefficient (Wildman–Crippen LogP) is 4.40. The quantitative estimate of drug-likeness (QED) is 0.274. The van der Waals surface area contributed by atoms with Crippen LogP contribution in [0.2, 0.25) is 0 Å². The van der Waals surface area contributed by atoms with E-state index in [9.17, 15) is 19.5 Å². The highest BCUT2D eigenvalue weighted by Crippen LogP contribution is 2.46. The van der Waals surface area contributed by atoms with Crippen LogP contribution in [0.25, 0.3) is 0 Å². The second-order valence-corrected chi connectivity index (χ2v) is 8.15. The number of nitro groups is 1. The predicted molar refractivity (Wildman–Crippen MR) is 107 cm³/mol. The lowest BCUT2D eigenvalue weighted by Gasteiger charge is -2.24. The third-order valence-electron chi connectivity index (χ3n) is 3.64. The van der Waals surface area contributed by atoms with Gasteiger partial charge in [0.2, 0.25) is 0 Å². The van der Waals surface area contributed by atoms with Gasteiger partial charge in [0.15, 0.2) is 0 Å². The van der Waals surface area contributed by atoms with Gasteiger partial charge in [0.25, 0.3) is 5.69 Å². The summed E-state index contributed by atoms with van der Waals surface area (Å²) in [5.41, 5.74) is 0.563. The molecule has 0 heterocycles. The first-order valence-electron chi connectivity index (χ1n) is 8.87. The first kappa shape index (κ1) is 22.4. The molecule has 10 heteroatoms. The fourth-order valence-corrected chi connectivity index (χ4v) is 3.84. The third kappa shape index (κ3) is 6.58. The summed E-state index contributed by atoms with van der Waals surface area (Å²) < 4.78 is 29.7. The van der Waals surface area contributed by atoms with Gasteiger partial charge in [-0.05, 0) is 51.5 Å². The molecule has 0 saturated carbocycles. The number of aryl methyl sites for hydroxylation is 1. The zero-order valence-corrected chi connectivity index (χ0v) is 17.4. The molecule has 9 nitrogen and oxygen atoms in total. The zero-order valence-electron chi connectivity index (χ0n) is 16.5. The number of rotatable bonds is 9. The molecule has 0 aliphatic carbocycles. The molecular formula is C19H23N2O7P. The number of carbonyl (C=O) groups excluding carboxylic acids is 1. The Hall–Kier alpha value is -2.90. The smallest absolute Gasteiger partial charge is 0.462 e. The number of nitro benzene ring substituents is 1. The summed E-state index contributed by atoms with van der Waals surface area (Å²) in [5.74, 6) is -0.250. The SMILES string of the molecule is Cc1ccccc1OP(=O)(N[C@@H](C)C(=O)OC(C)C)Oc1ccc([N+](=O)[O-])cc1. The molecule has 2 aromatic carbocycles. The summed E-state index contributed by atoms with van der Waals surface area (Å²) in [6, 6.07) is 10.9. The number of para-hydroxylation sites is 1. The molecule has 2 rings (SSSR count). The molecule has 29 heavy (non-hydrogen) atoms. The van der Waals surface area contributed by atoms with Gasteiger partial charge in [-0.2, -0.15) is 5.09 Å².